The molecular weight excluding hydrogens is 442 g/mol. The molecule has 4 fully saturated rings. The molecule has 0 bridgehead atoms. The van der Waals surface area contributed by atoms with Crippen molar-refractivity contribution in [1.82, 2.24) is 14.5 Å². The van der Waals surface area contributed by atoms with Gasteiger partial charge in [-0.3, -0.25) is 4.79 Å². The van der Waals surface area contributed by atoms with Gasteiger partial charge in [0.1, 0.15) is 0 Å². The van der Waals surface area contributed by atoms with Gasteiger partial charge in [0.25, 0.3) is 0 Å². The minimum Gasteiger partial charge on any atom is -0.447 e. The van der Waals surface area contributed by atoms with E-state index in [9.17, 15) is 18.0 Å². The second kappa shape index (κ2) is 9.72. The molecule has 1 heterocycles. The van der Waals surface area contributed by atoms with Crippen LogP contribution in [-0.4, -0.2) is 72.3 Å². The summed E-state index contributed by atoms with van der Waals surface area (Å²) in [6, 6.07) is 0.0736. The van der Waals surface area contributed by atoms with Crippen LogP contribution >= 0.6 is 0 Å². The third kappa shape index (κ3) is 5.50. The van der Waals surface area contributed by atoms with Gasteiger partial charge in [0.2, 0.25) is 15.9 Å². The van der Waals surface area contributed by atoms with Gasteiger partial charge in [-0.15, -0.1) is 0 Å². The van der Waals surface area contributed by atoms with Crippen molar-refractivity contribution in [1.29, 1.82) is 0 Å². The maximum atomic E-state index is 12.9. The highest BCUT2D eigenvalue weighted by atomic mass is 32.2. The monoisotopic (exact) mass is 483 g/mol. The lowest BCUT2D eigenvalue weighted by Gasteiger charge is -2.54. The Labute approximate surface area is 198 Å². The molecule has 3 saturated carbocycles. The fourth-order valence-electron chi connectivity index (χ4n) is 6.52. The number of nitrogens with one attached hydrogen (secondary N) is 1. The van der Waals surface area contributed by atoms with Gasteiger partial charge in [0, 0.05) is 25.6 Å². The van der Waals surface area contributed by atoms with Gasteiger partial charge >= 0.3 is 6.09 Å². The van der Waals surface area contributed by atoms with Gasteiger partial charge in [-0.25, -0.2) is 17.9 Å². The fourth-order valence-corrected chi connectivity index (χ4v) is 8.17. The molecular formula is C24H41N3O5S. The molecule has 1 aliphatic heterocycles. The first-order chi connectivity index (χ1) is 15.6. The maximum absolute atomic E-state index is 12.9. The number of ether oxygens (including phenoxy) is 1. The molecule has 0 aromatic carbocycles. The van der Waals surface area contributed by atoms with E-state index in [-0.39, 0.29) is 47.5 Å². The van der Waals surface area contributed by atoms with Gasteiger partial charge in [-0.2, -0.15) is 0 Å². The van der Waals surface area contributed by atoms with Crippen LogP contribution in [-0.2, 0) is 19.6 Å². The summed E-state index contributed by atoms with van der Waals surface area (Å²) >= 11 is 0. The molecule has 4 rings (SSSR count). The Morgan fingerprint density at radius 1 is 0.939 bits per heavy atom. The average Bonchev–Trinajstić information content (AvgIpc) is 3.58. The number of piperazine rings is 1. The largest absolute Gasteiger partial charge is 0.447 e. The number of amides is 2. The van der Waals surface area contributed by atoms with Crippen molar-refractivity contribution in [3.05, 3.63) is 0 Å². The molecule has 188 valence electrons. The molecule has 8 nitrogen and oxygen atoms in total. The van der Waals surface area contributed by atoms with Gasteiger partial charge in [-0.05, 0) is 90.4 Å². The Kier molecular flexibility index (Phi) is 7.29. The lowest BCUT2D eigenvalue weighted by atomic mass is 9.69. The Balaban J connectivity index is 1.41. The van der Waals surface area contributed by atoms with E-state index in [0.29, 0.717) is 18.4 Å². The fraction of sp³-hybridized carbons (Fsp3) is 0.917. The van der Waals surface area contributed by atoms with Crippen LogP contribution in [0.3, 0.4) is 0 Å². The van der Waals surface area contributed by atoms with Gasteiger partial charge in [0.05, 0.1) is 23.4 Å². The van der Waals surface area contributed by atoms with E-state index in [1.807, 2.05) is 30.6 Å². The van der Waals surface area contributed by atoms with Crippen molar-refractivity contribution >= 4 is 22.0 Å². The summed E-state index contributed by atoms with van der Waals surface area (Å²) in [6.07, 6.45) is 7.78. The van der Waals surface area contributed by atoms with Crippen molar-refractivity contribution in [3.63, 3.8) is 0 Å². The van der Waals surface area contributed by atoms with E-state index in [1.54, 1.807) is 6.92 Å². The number of carbonyl (C=O) groups excluding carboxylic acids is 2. The summed E-state index contributed by atoms with van der Waals surface area (Å²) in [5, 5.41) is -0.167. The molecule has 1 N–H and O–H groups in total. The lowest BCUT2D eigenvalue weighted by Crippen LogP contribution is -2.67. The maximum Gasteiger partial charge on any atom is 0.410 e. The highest BCUT2D eigenvalue weighted by molar-refractivity contribution is 7.90. The van der Waals surface area contributed by atoms with E-state index in [4.69, 9.17) is 4.74 Å². The molecule has 0 aromatic heterocycles. The quantitative estimate of drug-likeness (QED) is 0.648. The number of hydrogen-bond acceptors (Lipinski definition) is 5. The Bertz CT molecular complexity index is 835. The summed E-state index contributed by atoms with van der Waals surface area (Å²) in [6.45, 7) is 7.89. The van der Waals surface area contributed by atoms with Gasteiger partial charge in [-0.1, -0.05) is 0 Å². The number of hydrogen-bond donors (Lipinski definition) is 1. The van der Waals surface area contributed by atoms with Crippen molar-refractivity contribution in [2.24, 2.45) is 11.8 Å². The molecule has 0 aromatic rings. The Morgan fingerprint density at radius 2 is 1.58 bits per heavy atom. The van der Waals surface area contributed by atoms with Crippen LogP contribution in [0.5, 0.6) is 0 Å². The van der Waals surface area contributed by atoms with Crippen molar-refractivity contribution in [2.75, 3.05) is 6.54 Å². The SMILES string of the molecule is CC(=O)N1C2CCC(C3CCC(NS(=O)(=O)C4CC4)CC3)CC2N(C(=O)OC(C)C)C[C@@H]1C. The van der Waals surface area contributed by atoms with E-state index in [0.717, 1.165) is 57.8 Å². The van der Waals surface area contributed by atoms with Gasteiger partial charge in [0.15, 0.2) is 0 Å². The number of sulfonamides is 1. The van der Waals surface area contributed by atoms with Crippen molar-refractivity contribution in [2.45, 2.75) is 121 Å². The van der Waals surface area contributed by atoms with Crippen LogP contribution in [0.1, 0.15) is 85.5 Å². The van der Waals surface area contributed by atoms with Crippen LogP contribution in [0.25, 0.3) is 0 Å². The zero-order valence-corrected chi connectivity index (χ0v) is 21.4. The molecule has 3 aliphatic carbocycles. The minimum absolute atomic E-state index is 0.0128. The summed E-state index contributed by atoms with van der Waals surface area (Å²) in [5.74, 6) is 1.11. The molecule has 4 atom stereocenters. The zero-order chi connectivity index (χ0) is 23.9. The topological polar surface area (TPSA) is 96.0 Å². The number of nitrogens with zero attached hydrogens (tertiary/aromatic N) is 2. The molecule has 33 heavy (non-hydrogen) atoms. The van der Waals surface area contributed by atoms with Crippen LogP contribution < -0.4 is 4.72 Å². The molecule has 4 aliphatic rings. The highest BCUT2D eigenvalue weighted by Crippen LogP contribution is 2.43. The molecule has 9 heteroatoms. The van der Waals surface area contributed by atoms with Crippen molar-refractivity contribution in [3.8, 4) is 0 Å². The zero-order valence-electron chi connectivity index (χ0n) is 20.5. The van der Waals surface area contributed by atoms with Crippen LogP contribution in [0.4, 0.5) is 4.79 Å². The van der Waals surface area contributed by atoms with Crippen LogP contribution in [0.15, 0.2) is 0 Å². The van der Waals surface area contributed by atoms with E-state index < -0.39 is 10.0 Å². The van der Waals surface area contributed by atoms with Crippen molar-refractivity contribution < 1.29 is 22.7 Å². The van der Waals surface area contributed by atoms with E-state index in [1.165, 1.54) is 0 Å². The standard InChI is InChI=1S/C24H41N3O5S/c1-15(2)32-24(29)26-14-16(3)27(17(4)28)22-12-7-19(13-23(22)26)18-5-8-20(9-6-18)25-33(30,31)21-10-11-21/h15-16,18-23,25H,5-14H2,1-4H3/t16-,18?,19?,20?,22?,23?/m0/s1. The van der Waals surface area contributed by atoms with E-state index in [2.05, 4.69) is 4.72 Å². The van der Waals surface area contributed by atoms with Gasteiger partial charge < -0.3 is 14.5 Å². The average molecular weight is 484 g/mol. The van der Waals surface area contributed by atoms with Crippen LogP contribution in [0, 0.1) is 11.8 Å². The Hall–Kier alpha value is -1.35. The Morgan fingerprint density at radius 3 is 2.15 bits per heavy atom. The number of carbonyl (C=O) groups is 2. The first-order valence-corrected chi connectivity index (χ1v) is 14.4. The normalized spacial score (nSPS) is 35.3. The predicted octanol–water partition coefficient (Wildman–Crippen LogP) is 3.26. The summed E-state index contributed by atoms with van der Waals surface area (Å²) in [7, 11) is -3.14. The summed E-state index contributed by atoms with van der Waals surface area (Å²) < 4.78 is 33.1. The minimum atomic E-state index is -3.14. The number of rotatable bonds is 5. The second-order valence-corrected chi connectivity index (χ2v) is 13.0. The summed E-state index contributed by atoms with van der Waals surface area (Å²) in [5.41, 5.74) is 0. The summed E-state index contributed by atoms with van der Waals surface area (Å²) in [4.78, 5) is 29.3. The number of fused-ring (bicyclic) bond motifs is 1. The molecule has 0 radical (unpaired) electrons. The smallest absolute Gasteiger partial charge is 0.410 e. The van der Waals surface area contributed by atoms with E-state index >= 15 is 0 Å². The molecule has 2 amide bonds. The first-order valence-electron chi connectivity index (χ1n) is 12.8. The third-order valence-electron chi connectivity index (χ3n) is 8.18. The highest BCUT2D eigenvalue weighted by Gasteiger charge is 2.48. The second-order valence-electron chi connectivity index (χ2n) is 11.0. The third-order valence-corrected chi connectivity index (χ3v) is 10.2. The predicted molar refractivity (Wildman–Crippen MR) is 126 cm³/mol. The molecule has 3 unspecified atom stereocenters. The lowest BCUT2D eigenvalue weighted by molar-refractivity contribution is -0.142. The first kappa shape index (κ1) is 24.8. The molecule has 0 spiro atoms. The molecule has 1 saturated heterocycles. The van der Waals surface area contributed by atoms with Crippen LogP contribution in [0.2, 0.25) is 0 Å².